The summed E-state index contributed by atoms with van der Waals surface area (Å²) in [5, 5.41) is 7.86. The van der Waals surface area contributed by atoms with E-state index in [0.717, 1.165) is 45.5 Å². The molecule has 5 rings (SSSR count). The number of para-hydroxylation sites is 1. The summed E-state index contributed by atoms with van der Waals surface area (Å²) in [6.07, 6.45) is 4.76. The standard InChI is InChI=1S/C30H29Cl2N3O4S2/c1-3-39-30(38)26-21-8-6-10-24(21)41-29(26)34-27(36)17(2)40-25-16-35(23-9-5-4-7-20(23)25)14-13-33-28(37)19-12-11-18(31)15-22(19)32/h4-5,7,9,11-12,15-17H,3,6,8,10,13-14H2,1-2H3,(H,33,37)(H,34,36)/t17-/m0/s1. The van der Waals surface area contributed by atoms with Crippen molar-refractivity contribution in [3.63, 3.8) is 0 Å². The Hall–Kier alpha value is -2.98. The maximum absolute atomic E-state index is 13.3. The number of rotatable bonds is 10. The lowest BCUT2D eigenvalue weighted by molar-refractivity contribution is -0.115. The molecule has 1 aliphatic carbocycles. The molecule has 11 heteroatoms. The van der Waals surface area contributed by atoms with E-state index in [2.05, 4.69) is 15.2 Å². The third kappa shape index (κ3) is 6.43. The van der Waals surface area contributed by atoms with Gasteiger partial charge in [-0.25, -0.2) is 4.79 Å². The van der Waals surface area contributed by atoms with Crippen molar-refractivity contribution in [3.05, 3.63) is 80.3 Å². The predicted octanol–water partition coefficient (Wildman–Crippen LogP) is 7.22. The number of halogens is 2. The Morgan fingerprint density at radius 3 is 2.73 bits per heavy atom. The highest BCUT2D eigenvalue weighted by Crippen LogP contribution is 2.40. The van der Waals surface area contributed by atoms with Crippen molar-refractivity contribution < 1.29 is 19.1 Å². The van der Waals surface area contributed by atoms with Crippen molar-refractivity contribution in [3.8, 4) is 0 Å². The monoisotopic (exact) mass is 629 g/mol. The normalized spacial score (nSPS) is 13.2. The van der Waals surface area contributed by atoms with E-state index in [1.165, 1.54) is 23.1 Å². The number of aromatic nitrogens is 1. The summed E-state index contributed by atoms with van der Waals surface area (Å²) in [6, 6.07) is 12.7. The lowest BCUT2D eigenvalue weighted by atomic mass is 10.1. The van der Waals surface area contributed by atoms with Gasteiger partial charge in [0.15, 0.2) is 0 Å². The van der Waals surface area contributed by atoms with Gasteiger partial charge in [0.25, 0.3) is 5.91 Å². The molecule has 0 saturated carbocycles. The van der Waals surface area contributed by atoms with Gasteiger partial charge in [-0.05, 0) is 62.9 Å². The fourth-order valence-electron chi connectivity index (χ4n) is 4.92. The van der Waals surface area contributed by atoms with Crippen molar-refractivity contribution in [2.45, 2.75) is 49.8 Å². The number of benzene rings is 2. The van der Waals surface area contributed by atoms with Crippen molar-refractivity contribution in [2.75, 3.05) is 18.5 Å². The van der Waals surface area contributed by atoms with Crippen LogP contribution in [0.15, 0.2) is 53.6 Å². The van der Waals surface area contributed by atoms with Crippen LogP contribution in [0.25, 0.3) is 10.9 Å². The summed E-state index contributed by atoms with van der Waals surface area (Å²) in [4.78, 5) is 40.7. The number of carbonyl (C=O) groups excluding carboxylic acids is 3. The fraction of sp³-hybridized carbons (Fsp3) is 0.300. The lowest BCUT2D eigenvalue weighted by Gasteiger charge is -2.12. The molecule has 2 amide bonds. The first kappa shape index (κ1) is 29.5. The molecule has 2 aromatic heterocycles. The third-order valence-electron chi connectivity index (χ3n) is 6.88. The smallest absolute Gasteiger partial charge is 0.341 e. The van der Waals surface area contributed by atoms with Crippen molar-refractivity contribution in [2.24, 2.45) is 0 Å². The molecule has 0 fully saturated rings. The summed E-state index contributed by atoms with van der Waals surface area (Å²) < 4.78 is 7.36. The molecule has 4 aromatic rings. The van der Waals surface area contributed by atoms with Gasteiger partial charge in [-0.3, -0.25) is 9.59 Å². The van der Waals surface area contributed by atoms with Crippen LogP contribution in [0.1, 0.15) is 51.4 Å². The van der Waals surface area contributed by atoms with Gasteiger partial charge < -0.3 is 19.9 Å². The molecule has 41 heavy (non-hydrogen) atoms. The number of anilines is 1. The number of fused-ring (bicyclic) bond motifs is 2. The van der Waals surface area contributed by atoms with E-state index in [4.69, 9.17) is 27.9 Å². The van der Waals surface area contributed by atoms with E-state index >= 15 is 0 Å². The Morgan fingerprint density at radius 2 is 1.95 bits per heavy atom. The van der Waals surface area contributed by atoms with Gasteiger partial charge in [0.05, 0.1) is 28.0 Å². The number of aryl methyl sites for hydroxylation is 1. The van der Waals surface area contributed by atoms with Crippen LogP contribution in [-0.4, -0.2) is 40.8 Å². The minimum Gasteiger partial charge on any atom is -0.462 e. The Bertz CT molecular complexity index is 1630. The topological polar surface area (TPSA) is 89.4 Å². The maximum atomic E-state index is 13.3. The molecule has 2 heterocycles. The van der Waals surface area contributed by atoms with Crippen LogP contribution >= 0.6 is 46.3 Å². The lowest BCUT2D eigenvalue weighted by Crippen LogP contribution is -2.27. The largest absolute Gasteiger partial charge is 0.462 e. The second kappa shape index (κ2) is 12.9. The van der Waals surface area contributed by atoms with Crippen LogP contribution in [0.5, 0.6) is 0 Å². The molecule has 0 saturated heterocycles. The Morgan fingerprint density at radius 1 is 1.15 bits per heavy atom. The average Bonchev–Trinajstić information content (AvgIpc) is 3.62. The van der Waals surface area contributed by atoms with Crippen LogP contribution in [0.4, 0.5) is 5.00 Å². The molecule has 2 N–H and O–H groups in total. The Labute approximate surface area is 256 Å². The van der Waals surface area contributed by atoms with Crippen molar-refractivity contribution >= 4 is 80.0 Å². The van der Waals surface area contributed by atoms with Gasteiger partial charge in [-0.2, -0.15) is 0 Å². The number of hydrogen-bond donors (Lipinski definition) is 2. The minimum absolute atomic E-state index is 0.176. The molecule has 1 aliphatic rings. The van der Waals surface area contributed by atoms with E-state index < -0.39 is 5.25 Å². The van der Waals surface area contributed by atoms with Crippen LogP contribution in [0, 0.1) is 0 Å². The molecule has 0 spiro atoms. The van der Waals surface area contributed by atoms with E-state index in [1.807, 2.05) is 37.4 Å². The van der Waals surface area contributed by atoms with Crippen molar-refractivity contribution in [1.82, 2.24) is 9.88 Å². The molecule has 0 unspecified atom stereocenters. The highest BCUT2D eigenvalue weighted by Gasteiger charge is 2.29. The first-order valence-corrected chi connectivity index (χ1v) is 15.8. The summed E-state index contributed by atoms with van der Waals surface area (Å²) in [7, 11) is 0. The summed E-state index contributed by atoms with van der Waals surface area (Å²) >= 11 is 15.0. The second-order valence-corrected chi connectivity index (χ2v) is 12.9. The number of ether oxygens (including phenoxy) is 1. The van der Waals surface area contributed by atoms with E-state index in [0.29, 0.717) is 39.3 Å². The molecule has 1 atom stereocenters. The SMILES string of the molecule is CCOC(=O)c1c(NC(=O)[C@H](C)Sc2cn(CCNC(=O)c3ccc(Cl)cc3Cl)c3ccccc23)sc2c1CCC2. The molecule has 0 bridgehead atoms. The van der Waals surface area contributed by atoms with E-state index in [9.17, 15) is 14.4 Å². The number of thiophene rings is 1. The molecule has 214 valence electrons. The quantitative estimate of drug-likeness (QED) is 0.143. The zero-order valence-corrected chi connectivity index (χ0v) is 25.7. The van der Waals surface area contributed by atoms with Crippen LogP contribution in [-0.2, 0) is 28.9 Å². The van der Waals surface area contributed by atoms with Gasteiger partial charge >= 0.3 is 5.97 Å². The van der Waals surface area contributed by atoms with E-state index in [1.54, 1.807) is 25.1 Å². The molecular weight excluding hydrogens is 601 g/mol. The minimum atomic E-state index is -0.423. The number of esters is 1. The van der Waals surface area contributed by atoms with Gasteiger partial charge in [0, 0.05) is 45.0 Å². The zero-order valence-electron chi connectivity index (χ0n) is 22.6. The fourth-order valence-corrected chi connectivity index (χ4v) is 7.73. The van der Waals surface area contributed by atoms with E-state index in [-0.39, 0.29) is 24.4 Å². The molecule has 2 aromatic carbocycles. The highest BCUT2D eigenvalue weighted by molar-refractivity contribution is 8.00. The number of nitrogens with zero attached hydrogens (tertiary/aromatic N) is 1. The first-order chi connectivity index (χ1) is 19.8. The predicted molar refractivity (Wildman–Crippen MR) is 167 cm³/mol. The van der Waals surface area contributed by atoms with Crippen LogP contribution in [0.3, 0.4) is 0 Å². The summed E-state index contributed by atoms with van der Waals surface area (Å²) in [5.74, 6) is -0.829. The molecular formula is C30H29Cl2N3O4S2. The van der Waals surface area contributed by atoms with Gasteiger partial charge in [-0.15, -0.1) is 23.1 Å². The van der Waals surface area contributed by atoms with Gasteiger partial charge in [-0.1, -0.05) is 41.4 Å². The number of nitrogens with one attached hydrogen (secondary N) is 2. The number of carbonyl (C=O) groups is 3. The summed E-state index contributed by atoms with van der Waals surface area (Å²) in [5.41, 5.74) is 2.89. The second-order valence-electron chi connectivity index (χ2n) is 9.62. The summed E-state index contributed by atoms with van der Waals surface area (Å²) in [6.45, 7) is 4.83. The zero-order chi connectivity index (χ0) is 29.1. The van der Waals surface area contributed by atoms with Crippen molar-refractivity contribution in [1.29, 1.82) is 0 Å². The Kier molecular flexibility index (Phi) is 9.28. The van der Waals surface area contributed by atoms with Crippen LogP contribution < -0.4 is 10.6 Å². The van der Waals surface area contributed by atoms with Gasteiger partial charge in [0.1, 0.15) is 5.00 Å². The number of thioether (sulfide) groups is 1. The number of amides is 2. The molecule has 7 nitrogen and oxygen atoms in total. The first-order valence-electron chi connectivity index (χ1n) is 13.4. The number of hydrogen-bond acceptors (Lipinski definition) is 6. The highest BCUT2D eigenvalue weighted by atomic mass is 35.5. The third-order valence-corrected chi connectivity index (χ3v) is 9.78. The molecule has 0 aliphatic heterocycles. The Balaban J connectivity index is 1.27. The van der Waals surface area contributed by atoms with Crippen LogP contribution in [0.2, 0.25) is 10.0 Å². The molecule has 0 radical (unpaired) electrons. The average molecular weight is 631 g/mol. The van der Waals surface area contributed by atoms with Gasteiger partial charge in [0.2, 0.25) is 5.91 Å². The maximum Gasteiger partial charge on any atom is 0.341 e.